The first-order chi connectivity index (χ1) is 8.20. The number of hydrogen-bond donors (Lipinski definition) is 2. The monoisotopic (exact) mass is 260 g/mol. The van der Waals surface area contributed by atoms with Gasteiger partial charge in [-0.15, -0.1) is 25.3 Å². The zero-order valence-corrected chi connectivity index (χ0v) is 11.6. The summed E-state index contributed by atoms with van der Waals surface area (Å²) in [6.07, 6.45) is 1.10. The average molecular weight is 260 g/mol. The molecule has 0 saturated carbocycles. The Morgan fingerprint density at radius 3 is 1.41 bits per heavy atom. The normalized spacial score (nSPS) is 10.8. The van der Waals surface area contributed by atoms with Crippen molar-refractivity contribution in [3.05, 3.63) is 59.7 Å². The molecule has 0 radical (unpaired) electrons. The van der Waals surface area contributed by atoms with E-state index in [1.165, 1.54) is 11.1 Å². The largest absolute Gasteiger partial charge is 0.143 e. The highest BCUT2D eigenvalue weighted by Gasteiger charge is 2.11. The number of hydrogen-bond acceptors (Lipinski definition) is 2. The lowest BCUT2D eigenvalue weighted by Gasteiger charge is -2.16. The summed E-state index contributed by atoms with van der Waals surface area (Å²) >= 11 is 8.64. The van der Waals surface area contributed by atoms with Gasteiger partial charge in [0.1, 0.15) is 0 Å². The van der Waals surface area contributed by atoms with Crippen LogP contribution in [0, 0.1) is 0 Å². The maximum absolute atomic E-state index is 4.32. The lowest BCUT2D eigenvalue weighted by atomic mass is 9.89. The third kappa shape index (κ3) is 3.08. The highest BCUT2D eigenvalue weighted by molar-refractivity contribution is 7.80. The maximum atomic E-state index is 4.32. The van der Waals surface area contributed by atoms with Crippen molar-refractivity contribution in [3.63, 3.8) is 0 Å². The van der Waals surface area contributed by atoms with Crippen molar-refractivity contribution < 1.29 is 0 Å². The van der Waals surface area contributed by atoms with Crippen LogP contribution in [-0.2, 0) is 0 Å². The zero-order chi connectivity index (χ0) is 12.3. The van der Waals surface area contributed by atoms with Crippen molar-refractivity contribution in [2.45, 2.75) is 29.1 Å². The zero-order valence-electron chi connectivity index (χ0n) is 9.80. The van der Waals surface area contributed by atoms with E-state index in [0.717, 1.165) is 16.2 Å². The quantitative estimate of drug-likeness (QED) is 0.727. The first kappa shape index (κ1) is 12.6. The van der Waals surface area contributed by atoms with Gasteiger partial charge >= 0.3 is 0 Å². The fourth-order valence-electron chi connectivity index (χ4n) is 2.08. The predicted molar refractivity (Wildman–Crippen MR) is 79.5 cm³/mol. The van der Waals surface area contributed by atoms with Gasteiger partial charge < -0.3 is 0 Å². The van der Waals surface area contributed by atoms with Crippen molar-refractivity contribution in [2.75, 3.05) is 0 Å². The minimum Gasteiger partial charge on any atom is -0.143 e. The van der Waals surface area contributed by atoms with Crippen LogP contribution in [0.3, 0.4) is 0 Å². The van der Waals surface area contributed by atoms with Crippen molar-refractivity contribution in [2.24, 2.45) is 0 Å². The highest BCUT2D eigenvalue weighted by atomic mass is 32.1. The van der Waals surface area contributed by atoms with Crippen molar-refractivity contribution in [1.29, 1.82) is 0 Å². The molecule has 0 spiro atoms. The highest BCUT2D eigenvalue weighted by Crippen LogP contribution is 2.28. The van der Waals surface area contributed by atoms with Gasteiger partial charge in [-0.1, -0.05) is 31.2 Å². The molecular formula is C15H16S2. The van der Waals surface area contributed by atoms with E-state index in [0.29, 0.717) is 5.92 Å². The van der Waals surface area contributed by atoms with E-state index in [1.54, 1.807) is 0 Å². The molecule has 0 bridgehead atoms. The molecule has 0 heterocycles. The summed E-state index contributed by atoms with van der Waals surface area (Å²) in [5, 5.41) is 0. The summed E-state index contributed by atoms with van der Waals surface area (Å²) in [6.45, 7) is 2.22. The fraction of sp³-hybridized carbons (Fsp3) is 0.200. The molecule has 88 valence electrons. The summed E-state index contributed by atoms with van der Waals surface area (Å²) in [4.78, 5) is 2.02. The lowest BCUT2D eigenvalue weighted by molar-refractivity contribution is 0.775. The summed E-state index contributed by atoms with van der Waals surface area (Å²) in [7, 11) is 0. The minimum absolute atomic E-state index is 0.456. The second-order valence-electron chi connectivity index (χ2n) is 4.14. The first-order valence-corrected chi connectivity index (χ1v) is 6.68. The Labute approximate surface area is 114 Å². The van der Waals surface area contributed by atoms with Crippen LogP contribution in [-0.4, -0.2) is 0 Å². The van der Waals surface area contributed by atoms with Gasteiger partial charge in [0.25, 0.3) is 0 Å². The molecule has 0 aromatic heterocycles. The molecule has 0 aliphatic heterocycles. The molecule has 0 aliphatic rings. The van der Waals surface area contributed by atoms with Crippen LogP contribution >= 0.6 is 25.3 Å². The Morgan fingerprint density at radius 2 is 1.12 bits per heavy atom. The van der Waals surface area contributed by atoms with E-state index < -0.39 is 0 Å². The molecule has 17 heavy (non-hydrogen) atoms. The molecule has 0 fully saturated rings. The van der Waals surface area contributed by atoms with Gasteiger partial charge in [0.2, 0.25) is 0 Å². The Hall–Kier alpha value is -0.860. The average Bonchev–Trinajstić information content (AvgIpc) is 2.35. The smallest absolute Gasteiger partial charge is 0.00867 e. The van der Waals surface area contributed by atoms with E-state index >= 15 is 0 Å². The van der Waals surface area contributed by atoms with Crippen LogP contribution in [0.5, 0.6) is 0 Å². The lowest BCUT2D eigenvalue weighted by Crippen LogP contribution is -1.99. The van der Waals surface area contributed by atoms with E-state index in [1.807, 2.05) is 24.3 Å². The van der Waals surface area contributed by atoms with Crippen LogP contribution in [0.25, 0.3) is 0 Å². The molecule has 0 saturated heterocycles. The van der Waals surface area contributed by atoms with Crippen molar-refractivity contribution in [3.8, 4) is 0 Å². The van der Waals surface area contributed by atoms with Crippen LogP contribution in [0.1, 0.15) is 30.4 Å². The Morgan fingerprint density at radius 1 is 0.765 bits per heavy atom. The molecule has 2 rings (SSSR count). The molecule has 2 aromatic carbocycles. The fourth-order valence-corrected chi connectivity index (χ4v) is 2.38. The molecule has 0 amide bonds. The summed E-state index contributed by atoms with van der Waals surface area (Å²) < 4.78 is 0. The number of rotatable bonds is 3. The van der Waals surface area contributed by atoms with Gasteiger partial charge in [-0.05, 0) is 41.8 Å². The summed E-state index contributed by atoms with van der Waals surface area (Å²) in [5.74, 6) is 0.456. The topological polar surface area (TPSA) is 0 Å². The van der Waals surface area contributed by atoms with E-state index in [2.05, 4.69) is 56.4 Å². The third-order valence-electron chi connectivity index (χ3n) is 3.00. The van der Waals surface area contributed by atoms with Gasteiger partial charge in [-0.2, -0.15) is 0 Å². The minimum atomic E-state index is 0.456. The second kappa shape index (κ2) is 5.65. The predicted octanol–water partition coefficient (Wildman–Crippen LogP) is 4.81. The third-order valence-corrected chi connectivity index (χ3v) is 3.60. The van der Waals surface area contributed by atoms with Gasteiger partial charge in [0.05, 0.1) is 0 Å². The molecule has 0 atom stereocenters. The Bertz CT molecular complexity index is 426. The van der Waals surface area contributed by atoms with E-state index in [-0.39, 0.29) is 0 Å². The molecule has 0 aliphatic carbocycles. The van der Waals surface area contributed by atoms with Crippen LogP contribution in [0.2, 0.25) is 0 Å². The van der Waals surface area contributed by atoms with Crippen molar-refractivity contribution in [1.82, 2.24) is 0 Å². The van der Waals surface area contributed by atoms with E-state index in [4.69, 9.17) is 0 Å². The van der Waals surface area contributed by atoms with Crippen LogP contribution < -0.4 is 0 Å². The molecule has 0 nitrogen and oxygen atoms in total. The van der Waals surface area contributed by atoms with Crippen LogP contribution in [0.4, 0.5) is 0 Å². The van der Waals surface area contributed by atoms with Gasteiger partial charge in [-0.3, -0.25) is 0 Å². The summed E-state index contributed by atoms with van der Waals surface area (Å²) in [5.41, 5.74) is 2.69. The Balaban J connectivity index is 2.33. The molecule has 2 aromatic rings. The molecular weight excluding hydrogens is 244 g/mol. The first-order valence-electron chi connectivity index (χ1n) is 5.78. The number of thiol groups is 2. The maximum Gasteiger partial charge on any atom is 0.00867 e. The second-order valence-corrected chi connectivity index (χ2v) is 5.18. The van der Waals surface area contributed by atoms with Gasteiger partial charge in [0, 0.05) is 15.7 Å². The Kier molecular flexibility index (Phi) is 4.19. The number of benzene rings is 2. The van der Waals surface area contributed by atoms with Crippen molar-refractivity contribution >= 4 is 25.3 Å². The SMILES string of the molecule is CCC(c1ccc(S)cc1)c1ccc(S)cc1. The summed E-state index contributed by atoms with van der Waals surface area (Å²) in [6, 6.07) is 16.8. The van der Waals surface area contributed by atoms with Crippen LogP contribution in [0.15, 0.2) is 58.3 Å². The van der Waals surface area contributed by atoms with Gasteiger partial charge in [0.15, 0.2) is 0 Å². The molecule has 0 unspecified atom stereocenters. The molecule has 0 N–H and O–H groups in total. The van der Waals surface area contributed by atoms with Gasteiger partial charge in [-0.25, -0.2) is 0 Å². The van der Waals surface area contributed by atoms with E-state index in [9.17, 15) is 0 Å². The standard InChI is InChI=1S/C15H16S2/c1-2-15(11-3-7-13(16)8-4-11)12-5-9-14(17)10-6-12/h3-10,15-17H,2H2,1H3. The molecule has 2 heteroatoms.